The molecule has 25 heavy (non-hydrogen) atoms. The van der Waals surface area contributed by atoms with E-state index in [1.165, 1.54) is 25.5 Å². The van der Waals surface area contributed by atoms with Gasteiger partial charge in [0.05, 0.1) is 18.2 Å². The third-order valence-corrected chi connectivity index (χ3v) is 5.46. The summed E-state index contributed by atoms with van der Waals surface area (Å²) in [7, 11) is 0. The second-order valence-corrected chi connectivity index (χ2v) is 7.40. The zero-order valence-corrected chi connectivity index (χ0v) is 14.9. The molecule has 9 heteroatoms. The average Bonchev–Trinajstić information content (AvgIpc) is 2.96. The maximum Gasteiger partial charge on any atom is 0.521 e. The summed E-state index contributed by atoms with van der Waals surface area (Å²) in [5, 5.41) is 8.31. The highest BCUT2D eigenvalue weighted by molar-refractivity contribution is 8.14. The minimum atomic E-state index is -1.21. The second kappa shape index (κ2) is 7.83. The van der Waals surface area contributed by atoms with Gasteiger partial charge >= 0.3 is 12.0 Å². The van der Waals surface area contributed by atoms with Crippen molar-refractivity contribution in [2.75, 3.05) is 6.54 Å². The summed E-state index contributed by atoms with van der Waals surface area (Å²) in [6, 6.07) is 1.04. The van der Waals surface area contributed by atoms with E-state index in [4.69, 9.17) is 0 Å². The largest absolute Gasteiger partial charge is 0.521 e. The van der Waals surface area contributed by atoms with Crippen LogP contribution in [0.1, 0.15) is 43.6 Å². The maximum atomic E-state index is 12.8. The molecule has 0 radical (unpaired) electrons. The van der Waals surface area contributed by atoms with Crippen LogP contribution < -0.4 is 0 Å². The quantitative estimate of drug-likeness (QED) is 0.621. The fourth-order valence-electron chi connectivity index (χ4n) is 3.15. The zero-order chi connectivity index (χ0) is 18.6. The number of rotatable bonds is 5. The van der Waals surface area contributed by atoms with Gasteiger partial charge in [0.15, 0.2) is 10.9 Å². The van der Waals surface area contributed by atoms with Crippen LogP contribution in [0.15, 0.2) is 18.6 Å². The first kappa shape index (κ1) is 19.2. The number of thioether (sulfide) groups is 1. The molecule has 2 amide bonds. The van der Waals surface area contributed by atoms with E-state index in [9.17, 15) is 24.3 Å². The Morgan fingerprint density at radius 2 is 2.12 bits per heavy atom. The van der Waals surface area contributed by atoms with Gasteiger partial charge in [-0.25, -0.2) is 14.8 Å². The lowest BCUT2D eigenvalue weighted by atomic mass is 10.1. The van der Waals surface area contributed by atoms with Gasteiger partial charge in [-0.1, -0.05) is 11.8 Å². The number of likely N-dealkylation sites (tertiary alicyclic amines) is 1. The number of Topliss-reactive ketones (excluding diaryl/α,β-unsaturated/α-hetero) is 1. The molecule has 8 nitrogen and oxygen atoms in total. The van der Waals surface area contributed by atoms with Crippen molar-refractivity contribution in [3.63, 3.8) is 0 Å². The first-order valence-corrected chi connectivity index (χ1v) is 8.79. The smallest absolute Gasteiger partial charge is 0.435 e. The standard InChI is InChI=1S/C16H19N3O5S/c1-10-4-3-7-19(10,16(23)24)14(21)8-13(25-11(2)20)15(22)12-5-6-17-9-18-12/h5-6,9-10,13H,3-4,7-8H2,1-2H3/p+1/t10-,13?,19?/m1/s1. The van der Waals surface area contributed by atoms with Crippen LogP contribution in [0.5, 0.6) is 0 Å². The van der Waals surface area contributed by atoms with Gasteiger partial charge in [-0.3, -0.25) is 9.59 Å². The molecule has 0 aromatic carbocycles. The van der Waals surface area contributed by atoms with Crippen molar-refractivity contribution in [2.45, 2.75) is 44.4 Å². The van der Waals surface area contributed by atoms with E-state index in [2.05, 4.69) is 9.97 Å². The molecule has 2 unspecified atom stereocenters. The van der Waals surface area contributed by atoms with Crippen LogP contribution in [0.3, 0.4) is 0 Å². The van der Waals surface area contributed by atoms with Crippen LogP contribution in [0.2, 0.25) is 0 Å². The molecule has 2 heterocycles. The topological polar surface area (TPSA) is 114 Å². The summed E-state index contributed by atoms with van der Waals surface area (Å²) in [5.74, 6) is -1.04. The molecule has 1 aromatic heterocycles. The Bertz CT molecular complexity index is 696. The molecule has 3 atom stereocenters. The highest BCUT2D eigenvalue weighted by atomic mass is 32.2. The van der Waals surface area contributed by atoms with E-state index in [1.54, 1.807) is 6.92 Å². The molecule has 1 aliphatic heterocycles. The highest BCUT2D eigenvalue weighted by Gasteiger charge is 2.53. The first-order valence-electron chi connectivity index (χ1n) is 7.91. The van der Waals surface area contributed by atoms with Crippen LogP contribution in [0, 0.1) is 0 Å². The zero-order valence-electron chi connectivity index (χ0n) is 14.0. The normalized spacial score (nSPS) is 23.8. The van der Waals surface area contributed by atoms with E-state index in [1.807, 2.05) is 0 Å². The number of ketones is 1. The van der Waals surface area contributed by atoms with Crippen molar-refractivity contribution in [1.29, 1.82) is 0 Å². The van der Waals surface area contributed by atoms with Crippen molar-refractivity contribution in [3.05, 3.63) is 24.3 Å². The second-order valence-electron chi connectivity index (χ2n) is 6.02. The number of nitrogens with zero attached hydrogens (tertiary/aromatic N) is 3. The van der Waals surface area contributed by atoms with E-state index < -0.39 is 27.5 Å². The molecule has 134 valence electrons. The summed E-state index contributed by atoms with van der Waals surface area (Å²) in [5.41, 5.74) is 0.0953. The molecule has 0 spiro atoms. The molecule has 1 fully saturated rings. The Morgan fingerprint density at radius 1 is 1.40 bits per heavy atom. The molecule has 1 N–H and O–H groups in total. The lowest BCUT2D eigenvalue weighted by Gasteiger charge is -2.30. The number of aromatic nitrogens is 2. The monoisotopic (exact) mass is 366 g/mol. The SMILES string of the molecule is CC(=O)SC(CC(=O)[N+]1(C(=O)O)CCC[C@H]1C)C(=O)c1ccncn1. The van der Waals surface area contributed by atoms with Gasteiger partial charge in [0.25, 0.3) is 0 Å². The molecule has 1 saturated heterocycles. The summed E-state index contributed by atoms with van der Waals surface area (Å²) in [6.45, 7) is 3.22. The Balaban J connectivity index is 2.27. The van der Waals surface area contributed by atoms with Gasteiger partial charge < -0.3 is 5.11 Å². The van der Waals surface area contributed by atoms with Crippen LogP contribution in [-0.4, -0.2) is 60.3 Å². The minimum absolute atomic E-state index is 0.0953. The molecular formula is C16H20N3O5S+. The minimum Gasteiger partial charge on any atom is -0.435 e. The molecule has 2 rings (SSSR count). The van der Waals surface area contributed by atoms with Crippen molar-refractivity contribution >= 4 is 34.7 Å². The number of carbonyl (C=O) groups excluding carboxylic acids is 3. The molecule has 1 aliphatic rings. The molecule has 0 bridgehead atoms. The summed E-state index contributed by atoms with van der Waals surface area (Å²) >= 11 is 0.729. The third kappa shape index (κ3) is 3.93. The van der Waals surface area contributed by atoms with Crippen LogP contribution >= 0.6 is 11.8 Å². The number of carbonyl (C=O) groups is 4. The predicted octanol–water partition coefficient (Wildman–Crippen LogP) is 1.90. The van der Waals surface area contributed by atoms with Gasteiger partial charge in [0, 0.05) is 26.0 Å². The summed E-state index contributed by atoms with van der Waals surface area (Å²) < 4.78 is -0.688. The molecule has 0 saturated carbocycles. The van der Waals surface area contributed by atoms with E-state index >= 15 is 0 Å². The number of hydrogen-bond donors (Lipinski definition) is 1. The van der Waals surface area contributed by atoms with E-state index in [0.29, 0.717) is 12.8 Å². The van der Waals surface area contributed by atoms with Gasteiger partial charge in [-0.2, -0.15) is 9.28 Å². The van der Waals surface area contributed by atoms with Crippen LogP contribution in [-0.2, 0) is 9.59 Å². The van der Waals surface area contributed by atoms with Crippen LogP contribution in [0.4, 0.5) is 4.79 Å². The lowest BCUT2D eigenvalue weighted by Crippen LogP contribution is -2.59. The first-order chi connectivity index (χ1) is 11.8. The van der Waals surface area contributed by atoms with E-state index in [0.717, 1.165) is 11.8 Å². The summed E-state index contributed by atoms with van der Waals surface area (Å²) in [6.07, 6.45) is 2.32. The number of amides is 2. The molecule has 0 aliphatic carbocycles. The van der Waals surface area contributed by atoms with Gasteiger partial charge in [0.1, 0.15) is 18.1 Å². The highest BCUT2D eigenvalue weighted by Crippen LogP contribution is 2.31. The van der Waals surface area contributed by atoms with Crippen molar-refractivity contribution in [2.24, 2.45) is 0 Å². The number of imide groups is 1. The fourth-order valence-corrected chi connectivity index (χ4v) is 4.00. The Hall–Kier alpha value is -2.13. The lowest BCUT2D eigenvalue weighted by molar-refractivity contribution is -0.792. The molecule has 1 aromatic rings. The Kier molecular flexibility index (Phi) is 6.02. The van der Waals surface area contributed by atoms with Gasteiger partial charge in [-0.15, -0.1) is 0 Å². The van der Waals surface area contributed by atoms with Gasteiger partial charge in [-0.05, 0) is 13.0 Å². The van der Waals surface area contributed by atoms with Crippen LogP contribution in [0.25, 0.3) is 0 Å². The number of hydrogen-bond acceptors (Lipinski definition) is 7. The Morgan fingerprint density at radius 3 is 2.60 bits per heavy atom. The number of carboxylic acid groups (broad SMARTS) is 1. The van der Waals surface area contributed by atoms with Crippen molar-refractivity contribution in [1.82, 2.24) is 9.97 Å². The van der Waals surface area contributed by atoms with Crippen molar-refractivity contribution in [3.8, 4) is 0 Å². The van der Waals surface area contributed by atoms with E-state index in [-0.39, 0.29) is 29.8 Å². The third-order valence-electron chi connectivity index (χ3n) is 4.47. The summed E-state index contributed by atoms with van der Waals surface area (Å²) in [4.78, 5) is 56.3. The predicted molar refractivity (Wildman–Crippen MR) is 89.9 cm³/mol. The van der Waals surface area contributed by atoms with Gasteiger partial charge in [0.2, 0.25) is 0 Å². The van der Waals surface area contributed by atoms with Crippen molar-refractivity contribution < 1.29 is 28.8 Å². The number of quaternary nitrogens is 1. The Labute approximate surface area is 149 Å². The molecular weight excluding hydrogens is 346 g/mol. The fraction of sp³-hybridized carbons (Fsp3) is 0.500. The average molecular weight is 366 g/mol. The maximum absolute atomic E-state index is 12.8.